The Morgan fingerprint density at radius 3 is 2.05 bits per heavy atom. The molecule has 1 aromatic rings. The molecule has 0 unspecified atom stereocenters. The van der Waals surface area contributed by atoms with E-state index in [1.165, 1.54) is 0 Å². The van der Waals surface area contributed by atoms with Gasteiger partial charge in [-0.1, -0.05) is 30.3 Å². The third-order valence-corrected chi connectivity index (χ3v) is 5.56. The Bertz CT molecular complexity index is 1090. The van der Waals surface area contributed by atoms with Crippen molar-refractivity contribution in [2.75, 3.05) is 19.6 Å². The fraction of sp³-hybridized carbons (Fsp3) is 0.458. The average Bonchev–Trinajstić information content (AvgIpc) is 2.91. The van der Waals surface area contributed by atoms with Crippen LogP contribution >= 0.6 is 0 Å². The number of carboxylic acid groups (broad SMARTS) is 2. The summed E-state index contributed by atoms with van der Waals surface area (Å²) in [6, 6.07) is 3.79. The van der Waals surface area contributed by atoms with E-state index in [1.54, 1.807) is 24.3 Å². The number of amides is 4. The number of carboxylic acids is 2. The summed E-state index contributed by atoms with van der Waals surface area (Å²) >= 11 is 0. The van der Waals surface area contributed by atoms with Crippen molar-refractivity contribution in [3.8, 4) is 0 Å². The Labute approximate surface area is 235 Å². The van der Waals surface area contributed by atoms with Gasteiger partial charge in [0.2, 0.25) is 23.6 Å². The van der Waals surface area contributed by atoms with Gasteiger partial charge in [0.25, 0.3) is 0 Å². The van der Waals surface area contributed by atoms with Gasteiger partial charge >= 0.3 is 11.9 Å². The normalized spacial score (nSPS) is 13.4. The molecule has 0 saturated carbocycles. The lowest BCUT2D eigenvalue weighted by atomic mass is 10.1. The predicted molar refractivity (Wildman–Crippen MR) is 145 cm³/mol. The van der Waals surface area contributed by atoms with Gasteiger partial charge in [-0.3, -0.25) is 29.4 Å². The molecule has 0 aromatic heterocycles. The van der Waals surface area contributed by atoms with Gasteiger partial charge in [0, 0.05) is 13.1 Å². The molecule has 17 nitrogen and oxygen atoms in total. The highest BCUT2D eigenvalue weighted by atomic mass is 16.4. The van der Waals surface area contributed by atoms with Crippen LogP contribution in [0.1, 0.15) is 24.8 Å². The molecule has 4 atom stereocenters. The zero-order valence-corrected chi connectivity index (χ0v) is 22.2. The first-order valence-corrected chi connectivity index (χ1v) is 12.5. The number of carbonyl (C=O) groups excluding carboxylic acids is 4. The Morgan fingerprint density at radius 2 is 1.49 bits per heavy atom. The van der Waals surface area contributed by atoms with Crippen LogP contribution in [0.3, 0.4) is 0 Å². The molecule has 41 heavy (non-hydrogen) atoms. The molecule has 0 bridgehead atoms. The lowest BCUT2D eigenvalue weighted by molar-refractivity contribution is -0.147. The minimum Gasteiger partial charge on any atom is -0.481 e. The third kappa shape index (κ3) is 13.7. The molecular formula is C24H37N9O8. The summed E-state index contributed by atoms with van der Waals surface area (Å²) in [7, 11) is 0. The van der Waals surface area contributed by atoms with Gasteiger partial charge in [-0.25, -0.2) is 4.79 Å². The van der Waals surface area contributed by atoms with Crippen molar-refractivity contribution in [2.24, 2.45) is 17.2 Å². The number of nitrogens with two attached hydrogens (primary N) is 3. The molecular weight excluding hydrogens is 542 g/mol. The Morgan fingerprint density at radius 1 is 0.854 bits per heavy atom. The molecule has 0 saturated heterocycles. The molecule has 1 aromatic carbocycles. The summed E-state index contributed by atoms with van der Waals surface area (Å²) in [5.74, 6) is -6.58. The SMILES string of the molecule is N=C(N)NCCC[C@H](NC(=O)[C@H](CN)NC(=O)[C@H](N)Cc1ccccc1)C(=O)NCC(=O)N[C@@H](CC(=O)O)C(=O)O. The monoisotopic (exact) mass is 579 g/mol. The van der Waals surface area contributed by atoms with E-state index < -0.39 is 72.7 Å². The van der Waals surface area contributed by atoms with E-state index in [2.05, 4.69) is 21.3 Å². The van der Waals surface area contributed by atoms with Crippen molar-refractivity contribution in [1.82, 2.24) is 26.6 Å². The summed E-state index contributed by atoms with van der Waals surface area (Å²) in [4.78, 5) is 72.3. The Balaban J connectivity index is 2.82. The number of rotatable bonds is 18. The zero-order chi connectivity index (χ0) is 30.9. The highest BCUT2D eigenvalue weighted by Crippen LogP contribution is 2.03. The first-order valence-electron chi connectivity index (χ1n) is 12.5. The minimum absolute atomic E-state index is 0.00893. The van der Waals surface area contributed by atoms with E-state index in [-0.39, 0.29) is 38.3 Å². The quantitative estimate of drug-likeness (QED) is 0.0449. The van der Waals surface area contributed by atoms with Crippen LogP contribution in [0.25, 0.3) is 0 Å². The van der Waals surface area contributed by atoms with E-state index in [1.807, 2.05) is 11.4 Å². The van der Waals surface area contributed by atoms with Crippen LogP contribution in [-0.4, -0.2) is 95.5 Å². The van der Waals surface area contributed by atoms with E-state index in [0.717, 1.165) is 5.56 Å². The Kier molecular flexibility index (Phi) is 14.8. The molecule has 0 aliphatic carbocycles. The minimum atomic E-state index is -1.72. The van der Waals surface area contributed by atoms with Crippen LogP contribution in [-0.2, 0) is 35.2 Å². The van der Waals surface area contributed by atoms with Crippen LogP contribution in [0.15, 0.2) is 30.3 Å². The van der Waals surface area contributed by atoms with Gasteiger partial charge in [0.15, 0.2) is 5.96 Å². The van der Waals surface area contributed by atoms with E-state index in [4.69, 9.17) is 32.8 Å². The molecule has 0 spiro atoms. The maximum Gasteiger partial charge on any atom is 0.326 e. The standard InChI is InChI=1S/C24H37N9O8/c25-11-17(33-20(37)14(26)9-13-5-2-1-3-6-13)22(39)32-15(7-4-8-29-24(27)28)21(38)30-12-18(34)31-16(23(40)41)10-19(35)36/h1-3,5-6,14-17H,4,7-12,25-26H2,(H,30,38)(H,31,34)(H,32,39)(H,33,37)(H,35,36)(H,40,41)(H4,27,28,29)/t14-,15+,16+,17+/m1/s1. The zero-order valence-electron chi connectivity index (χ0n) is 22.2. The molecule has 17 heteroatoms. The van der Waals surface area contributed by atoms with Crippen molar-refractivity contribution >= 4 is 41.5 Å². The predicted octanol–water partition coefficient (Wildman–Crippen LogP) is -4.09. The second-order valence-electron chi connectivity index (χ2n) is 8.91. The highest BCUT2D eigenvalue weighted by Gasteiger charge is 2.28. The van der Waals surface area contributed by atoms with Crippen LogP contribution in [0, 0.1) is 5.41 Å². The molecule has 226 valence electrons. The summed E-state index contributed by atoms with van der Waals surface area (Å²) in [5.41, 5.74) is 17.7. The summed E-state index contributed by atoms with van der Waals surface area (Å²) < 4.78 is 0. The van der Waals surface area contributed by atoms with E-state index in [9.17, 15) is 28.8 Å². The fourth-order valence-electron chi connectivity index (χ4n) is 3.45. The first kappa shape index (κ1) is 34.3. The van der Waals surface area contributed by atoms with Crippen molar-refractivity contribution in [3.05, 3.63) is 35.9 Å². The maximum absolute atomic E-state index is 12.9. The summed E-state index contributed by atoms with van der Waals surface area (Å²) in [6.07, 6.45) is -0.421. The number of aliphatic carboxylic acids is 2. The van der Waals surface area contributed by atoms with Gasteiger partial charge < -0.3 is 54.0 Å². The number of hydrogen-bond acceptors (Lipinski definition) is 9. The molecule has 0 aliphatic heterocycles. The smallest absolute Gasteiger partial charge is 0.326 e. The molecule has 1 rings (SSSR count). The molecule has 0 fully saturated rings. The lowest BCUT2D eigenvalue weighted by Gasteiger charge is -2.23. The second-order valence-corrected chi connectivity index (χ2v) is 8.91. The van der Waals surface area contributed by atoms with Crippen LogP contribution in [0.4, 0.5) is 0 Å². The van der Waals surface area contributed by atoms with Crippen molar-refractivity contribution in [1.29, 1.82) is 5.41 Å². The van der Waals surface area contributed by atoms with Crippen molar-refractivity contribution in [2.45, 2.75) is 49.9 Å². The molecule has 14 N–H and O–H groups in total. The fourth-order valence-corrected chi connectivity index (χ4v) is 3.45. The summed E-state index contributed by atoms with van der Waals surface area (Å²) in [5, 5.41) is 36.7. The number of benzene rings is 1. The molecule has 0 heterocycles. The maximum atomic E-state index is 12.9. The lowest BCUT2D eigenvalue weighted by Crippen LogP contribution is -2.58. The van der Waals surface area contributed by atoms with E-state index >= 15 is 0 Å². The molecule has 4 amide bonds. The van der Waals surface area contributed by atoms with E-state index in [0.29, 0.717) is 0 Å². The van der Waals surface area contributed by atoms with Gasteiger partial charge in [0.05, 0.1) is 19.0 Å². The second kappa shape index (κ2) is 17.7. The number of guanidine groups is 1. The largest absolute Gasteiger partial charge is 0.481 e. The average molecular weight is 580 g/mol. The topological polar surface area (TPSA) is 305 Å². The Hall–Kier alpha value is -4.77. The van der Waals surface area contributed by atoms with Gasteiger partial charge in [-0.05, 0) is 24.8 Å². The van der Waals surface area contributed by atoms with Crippen molar-refractivity contribution < 1.29 is 39.0 Å². The number of carbonyl (C=O) groups is 6. The van der Waals surface area contributed by atoms with Crippen molar-refractivity contribution in [3.63, 3.8) is 0 Å². The van der Waals surface area contributed by atoms with Gasteiger partial charge in [-0.2, -0.15) is 0 Å². The number of hydrogen-bond donors (Lipinski definition) is 11. The third-order valence-electron chi connectivity index (χ3n) is 5.56. The molecule has 0 radical (unpaired) electrons. The summed E-state index contributed by atoms with van der Waals surface area (Å²) in [6.45, 7) is -0.861. The molecule has 0 aliphatic rings. The van der Waals surface area contributed by atoms with Crippen LogP contribution in [0.2, 0.25) is 0 Å². The van der Waals surface area contributed by atoms with Crippen LogP contribution in [0.5, 0.6) is 0 Å². The number of nitrogens with one attached hydrogen (secondary N) is 6. The highest BCUT2D eigenvalue weighted by molar-refractivity contribution is 5.95. The van der Waals surface area contributed by atoms with Gasteiger partial charge in [0.1, 0.15) is 18.1 Å². The first-order chi connectivity index (χ1) is 19.3. The van der Waals surface area contributed by atoms with Gasteiger partial charge in [-0.15, -0.1) is 0 Å². The van der Waals surface area contributed by atoms with Crippen LogP contribution < -0.4 is 43.8 Å².